The lowest BCUT2D eigenvalue weighted by molar-refractivity contribution is -0.135. The summed E-state index contributed by atoms with van der Waals surface area (Å²) in [5.41, 5.74) is 9.20. The van der Waals surface area contributed by atoms with E-state index in [1.807, 2.05) is 37.3 Å². The maximum absolute atomic E-state index is 13.0. The second-order valence-electron chi connectivity index (χ2n) is 15.2. The lowest BCUT2D eigenvalue weighted by Gasteiger charge is -2.27. The minimum Gasteiger partial charge on any atom is -0.444 e. The molecule has 1 aromatic heterocycles. The number of nitrogens with zero attached hydrogens (tertiary/aromatic N) is 2. The summed E-state index contributed by atoms with van der Waals surface area (Å²) >= 11 is 0. The number of amides is 4. The lowest BCUT2D eigenvalue weighted by atomic mass is 10.1. The van der Waals surface area contributed by atoms with Crippen LogP contribution in [0.25, 0.3) is 11.0 Å². The van der Waals surface area contributed by atoms with Gasteiger partial charge in [0.1, 0.15) is 11.6 Å². The molecule has 1 aliphatic heterocycles. The van der Waals surface area contributed by atoms with E-state index < -0.39 is 35.6 Å². The van der Waals surface area contributed by atoms with E-state index >= 15 is 0 Å². The summed E-state index contributed by atoms with van der Waals surface area (Å²) in [6, 6.07) is 13.0. The molecule has 0 radical (unpaired) electrons. The number of carbonyl (C=O) groups is 4. The third-order valence-electron chi connectivity index (χ3n) is 9.52. The number of ether oxygens (including phenoxy) is 4. The van der Waals surface area contributed by atoms with Crippen molar-refractivity contribution in [3.05, 3.63) is 69.6 Å². The SMILES string of the molecule is C[C@@H](OCc1ccc(CCCOCCCCOCCCc2ccc3c(c2)n(C)c(=O)n3C2CCC(=O)NC2=O)cc1)[C@H](CCC(N)=O)NC(=O)OC(C)(C)C. The van der Waals surface area contributed by atoms with Crippen molar-refractivity contribution in [2.24, 2.45) is 12.8 Å². The second-order valence-corrected chi connectivity index (χ2v) is 15.2. The number of nitrogens with one attached hydrogen (secondary N) is 2. The van der Waals surface area contributed by atoms with E-state index in [4.69, 9.17) is 24.7 Å². The van der Waals surface area contributed by atoms with Crippen molar-refractivity contribution in [2.45, 2.75) is 122 Å². The van der Waals surface area contributed by atoms with Gasteiger partial charge in [0.05, 0.1) is 29.8 Å². The van der Waals surface area contributed by atoms with Gasteiger partial charge in [-0.25, -0.2) is 9.59 Å². The zero-order valence-electron chi connectivity index (χ0n) is 33.0. The quantitative estimate of drug-likeness (QED) is 0.0960. The van der Waals surface area contributed by atoms with Crippen LogP contribution in [0.1, 0.15) is 102 Å². The van der Waals surface area contributed by atoms with Gasteiger partial charge in [-0.2, -0.15) is 0 Å². The molecule has 3 atom stereocenters. The molecular formula is C41H59N5O9. The molecule has 4 rings (SSSR count). The Morgan fingerprint density at radius 3 is 2.11 bits per heavy atom. The number of rotatable bonds is 22. The van der Waals surface area contributed by atoms with Crippen LogP contribution in [0.15, 0.2) is 47.3 Å². The fraction of sp³-hybridized carbons (Fsp3) is 0.585. The molecule has 0 saturated carbocycles. The van der Waals surface area contributed by atoms with Gasteiger partial charge in [0, 0.05) is 46.3 Å². The Balaban J connectivity index is 1.05. The van der Waals surface area contributed by atoms with E-state index in [1.165, 1.54) is 10.1 Å². The van der Waals surface area contributed by atoms with Crippen molar-refractivity contribution in [3.63, 3.8) is 0 Å². The minimum atomic E-state index is -0.687. The molecule has 1 unspecified atom stereocenters. The van der Waals surface area contributed by atoms with Gasteiger partial charge >= 0.3 is 11.8 Å². The van der Waals surface area contributed by atoms with Crippen molar-refractivity contribution in [2.75, 3.05) is 26.4 Å². The average Bonchev–Trinajstić information content (AvgIpc) is 3.37. The van der Waals surface area contributed by atoms with Gasteiger partial charge in [-0.3, -0.25) is 28.8 Å². The van der Waals surface area contributed by atoms with E-state index in [-0.39, 0.29) is 30.5 Å². The van der Waals surface area contributed by atoms with Gasteiger partial charge in [0.2, 0.25) is 17.7 Å². The molecule has 302 valence electrons. The first-order chi connectivity index (χ1) is 26.2. The van der Waals surface area contributed by atoms with Crippen LogP contribution < -0.4 is 22.1 Å². The van der Waals surface area contributed by atoms with Crippen LogP contribution >= 0.6 is 0 Å². The summed E-state index contributed by atoms with van der Waals surface area (Å²) in [6.07, 6.45) is 5.42. The van der Waals surface area contributed by atoms with E-state index in [9.17, 15) is 24.0 Å². The Morgan fingerprint density at radius 2 is 1.49 bits per heavy atom. The normalized spacial score (nSPS) is 15.8. The number of nitrogens with two attached hydrogens (primary N) is 1. The van der Waals surface area contributed by atoms with E-state index in [0.29, 0.717) is 51.4 Å². The third-order valence-corrected chi connectivity index (χ3v) is 9.52. The minimum absolute atomic E-state index is 0.128. The monoisotopic (exact) mass is 765 g/mol. The van der Waals surface area contributed by atoms with Crippen molar-refractivity contribution in [3.8, 4) is 0 Å². The predicted molar refractivity (Wildman–Crippen MR) is 208 cm³/mol. The summed E-state index contributed by atoms with van der Waals surface area (Å²) < 4.78 is 26.2. The largest absolute Gasteiger partial charge is 0.444 e. The Hall–Kier alpha value is -4.53. The number of hydrogen-bond donors (Lipinski definition) is 3. The number of imide groups is 1. The van der Waals surface area contributed by atoms with E-state index in [1.54, 1.807) is 32.4 Å². The molecule has 0 spiro atoms. The molecular weight excluding hydrogens is 706 g/mol. The first kappa shape index (κ1) is 43.2. The number of unbranched alkanes of at least 4 members (excludes halogenated alkanes) is 1. The zero-order chi connectivity index (χ0) is 40.0. The van der Waals surface area contributed by atoms with Crippen LogP contribution in [0.2, 0.25) is 0 Å². The van der Waals surface area contributed by atoms with Crippen LogP contribution in [-0.2, 0) is 59.8 Å². The number of imidazole rings is 1. The first-order valence-corrected chi connectivity index (χ1v) is 19.4. The number of benzene rings is 2. The van der Waals surface area contributed by atoms with Crippen LogP contribution in [0, 0.1) is 0 Å². The highest BCUT2D eigenvalue weighted by Gasteiger charge is 2.31. The number of piperidine rings is 1. The molecule has 1 fully saturated rings. The first-order valence-electron chi connectivity index (χ1n) is 19.4. The third kappa shape index (κ3) is 13.9. The molecule has 14 nitrogen and oxygen atoms in total. The topological polar surface area (TPSA) is 182 Å². The Bertz CT molecular complexity index is 1790. The molecule has 4 amide bonds. The Kier molecular flexibility index (Phi) is 16.5. The average molecular weight is 766 g/mol. The van der Waals surface area contributed by atoms with Crippen LogP contribution in [0.4, 0.5) is 4.79 Å². The maximum Gasteiger partial charge on any atom is 0.407 e. The number of hydrogen-bond acceptors (Lipinski definition) is 9. The summed E-state index contributed by atoms with van der Waals surface area (Å²) in [5, 5.41) is 5.16. The van der Waals surface area contributed by atoms with Gasteiger partial charge in [0.15, 0.2) is 0 Å². The van der Waals surface area contributed by atoms with Crippen molar-refractivity contribution < 1.29 is 38.1 Å². The Morgan fingerprint density at radius 1 is 0.891 bits per heavy atom. The second kappa shape index (κ2) is 21.0. The molecule has 0 bridgehead atoms. The smallest absolute Gasteiger partial charge is 0.407 e. The van der Waals surface area contributed by atoms with Crippen molar-refractivity contribution in [1.29, 1.82) is 0 Å². The molecule has 2 aromatic carbocycles. The number of primary amides is 1. The molecule has 4 N–H and O–H groups in total. The molecule has 3 aromatic rings. The highest BCUT2D eigenvalue weighted by Crippen LogP contribution is 2.24. The summed E-state index contributed by atoms with van der Waals surface area (Å²) in [7, 11) is 1.70. The molecule has 55 heavy (non-hydrogen) atoms. The van der Waals surface area contributed by atoms with Gasteiger partial charge in [-0.15, -0.1) is 0 Å². The summed E-state index contributed by atoms with van der Waals surface area (Å²) in [4.78, 5) is 60.7. The van der Waals surface area contributed by atoms with Crippen LogP contribution in [0.3, 0.4) is 0 Å². The highest BCUT2D eigenvalue weighted by atomic mass is 16.6. The fourth-order valence-corrected chi connectivity index (χ4v) is 6.49. The van der Waals surface area contributed by atoms with Crippen molar-refractivity contribution in [1.82, 2.24) is 19.8 Å². The molecule has 0 aliphatic carbocycles. The van der Waals surface area contributed by atoms with Crippen molar-refractivity contribution >= 4 is 34.8 Å². The zero-order valence-corrected chi connectivity index (χ0v) is 33.0. The number of alkyl carbamates (subject to hydrolysis) is 1. The predicted octanol–water partition coefficient (Wildman–Crippen LogP) is 4.76. The maximum atomic E-state index is 13.0. The van der Waals surface area contributed by atoms with Gasteiger partial charge in [-0.05, 0) is 108 Å². The van der Waals surface area contributed by atoms with Gasteiger partial charge in [0.25, 0.3) is 0 Å². The van der Waals surface area contributed by atoms with Crippen LogP contribution in [-0.4, -0.2) is 77.1 Å². The number of carbonyl (C=O) groups excluding carboxylic acids is 4. The molecule has 1 saturated heterocycles. The number of aryl methyl sites for hydroxylation is 3. The van der Waals surface area contributed by atoms with E-state index in [0.717, 1.165) is 55.2 Å². The van der Waals surface area contributed by atoms with Crippen LogP contribution in [0.5, 0.6) is 0 Å². The summed E-state index contributed by atoms with van der Waals surface area (Å²) in [5.74, 6) is -1.18. The Labute approximate surface area is 323 Å². The lowest BCUT2D eigenvalue weighted by Crippen LogP contribution is -2.45. The van der Waals surface area contributed by atoms with E-state index in [2.05, 4.69) is 22.8 Å². The van der Waals surface area contributed by atoms with Gasteiger partial charge < -0.3 is 30.0 Å². The summed E-state index contributed by atoms with van der Waals surface area (Å²) in [6.45, 7) is 10.3. The molecule has 2 heterocycles. The highest BCUT2D eigenvalue weighted by molar-refractivity contribution is 6.00. The number of aromatic nitrogens is 2. The molecule has 14 heteroatoms. The van der Waals surface area contributed by atoms with Gasteiger partial charge in [-0.1, -0.05) is 30.3 Å². The fourth-order valence-electron chi connectivity index (χ4n) is 6.49. The standard InChI is InChI=1S/C41H59N5O9/c1-28(32(17-20-36(42)47)43-39(50)55-41(2,3)4)54-27-31-14-12-29(13-15-31)10-8-24-52-22-6-7-23-53-25-9-11-30-16-18-33-35(26-30)45(5)40(51)46(33)34-19-21-37(48)44-38(34)49/h12-16,18,26,28,32,34H,6-11,17,19-25,27H2,1-5H3,(H2,42,47)(H,43,50)(H,44,48,49)/t28-,32+,34?/m1/s1. The molecule has 1 aliphatic rings. The number of fused-ring (bicyclic) bond motifs is 1.